The summed E-state index contributed by atoms with van der Waals surface area (Å²) in [7, 11) is 0. The molecule has 7 nitrogen and oxygen atoms in total. The Hall–Kier alpha value is -0.890. The van der Waals surface area contributed by atoms with Gasteiger partial charge < -0.3 is 32.7 Å². The topological polar surface area (TPSA) is 168 Å². The molecule has 7 heteroatoms. The lowest BCUT2D eigenvalue weighted by Crippen LogP contribution is -1.85. The molecule has 0 saturated carbocycles. The Balaban J connectivity index is -0.0000000270. The molecule has 0 aromatic rings. The minimum absolute atomic E-state index is 0. The number of aliphatic hydroxyl groups excluding tert-OH is 2. The number of carbonyl (C=O) groups is 1. The molecule has 0 bridgehead atoms. The van der Waals surface area contributed by atoms with Crippen molar-refractivity contribution in [2.24, 2.45) is 0 Å². The molecular formula is C7H24N2O5. The molecule has 14 heavy (non-hydrogen) atoms. The minimum atomic E-state index is -1.83. The fourth-order valence-corrected chi connectivity index (χ4v) is 0. The average Bonchev–Trinajstić information content (AvgIpc) is 1.54. The standard InChI is InChI=1S/2C3H8O.CH2O3.2H3N/c2*1-3(2)4;2-1(3)4;;/h2*3-4H,1-2H3;(H2,2,3,4);2*1H3. The third-order valence-electron chi connectivity index (χ3n) is 0. The van der Waals surface area contributed by atoms with E-state index in [-0.39, 0.29) is 24.5 Å². The summed E-state index contributed by atoms with van der Waals surface area (Å²) in [5, 5.41) is 30.1. The normalized spacial score (nSPS) is 6.86. The fraction of sp³-hybridized carbons (Fsp3) is 0.857. The molecule has 0 aliphatic rings. The first-order valence-corrected chi connectivity index (χ1v) is 3.48. The Bertz CT molecular complexity index is 82.6. The lowest BCUT2D eigenvalue weighted by atomic mass is 10.5. The van der Waals surface area contributed by atoms with Gasteiger partial charge in [-0.1, -0.05) is 0 Å². The third-order valence-corrected chi connectivity index (χ3v) is 0. The Kier molecular flexibility index (Phi) is 47.5. The van der Waals surface area contributed by atoms with Crippen LogP contribution in [0.25, 0.3) is 0 Å². The van der Waals surface area contributed by atoms with Crippen LogP contribution in [0.4, 0.5) is 4.79 Å². The van der Waals surface area contributed by atoms with Crippen LogP contribution >= 0.6 is 0 Å². The summed E-state index contributed by atoms with van der Waals surface area (Å²) in [6.07, 6.45) is -2.17. The van der Waals surface area contributed by atoms with Gasteiger partial charge in [0.25, 0.3) is 0 Å². The molecule has 0 atom stereocenters. The van der Waals surface area contributed by atoms with Crippen LogP contribution in [0.1, 0.15) is 27.7 Å². The second kappa shape index (κ2) is 22.7. The second-order valence-electron chi connectivity index (χ2n) is 2.47. The van der Waals surface area contributed by atoms with Crippen LogP contribution in [0.5, 0.6) is 0 Å². The van der Waals surface area contributed by atoms with E-state index in [1.807, 2.05) is 0 Å². The summed E-state index contributed by atoms with van der Waals surface area (Å²) in [6.45, 7) is 6.89. The molecule has 0 amide bonds. The van der Waals surface area contributed by atoms with Crippen LogP contribution in [0.3, 0.4) is 0 Å². The molecule has 92 valence electrons. The summed E-state index contributed by atoms with van der Waals surface area (Å²) in [5.74, 6) is 0. The van der Waals surface area contributed by atoms with E-state index in [1.54, 1.807) is 27.7 Å². The van der Waals surface area contributed by atoms with Gasteiger partial charge in [-0.2, -0.15) is 0 Å². The van der Waals surface area contributed by atoms with Crippen molar-refractivity contribution in [3.63, 3.8) is 0 Å². The van der Waals surface area contributed by atoms with Crippen LogP contribution in [-0.4, -0.2) is 38.8 Å². The number of hydrogen-bond donors (Lipinski definition) is 6. The van der Waals surface area contributed by atoms with Crippen LogP contribution < -0.4 is 12.3 Å². The molecule has 0 fully saturated rings. The van der Waals surface area contributed by atoms with E-state index in [1.165, 1.54) is 0 Å². The molecule has 0 aliphatic heterocycles. The van der Waals surface area contributed by atoms with Gasteiger partial charge in [-0.25, -0.2) is 4.79 Å². The van der Waals surface area contributed by atoms with Gasteiger partial charge in [0.2, 0.25) is 0 Å². The molecule has 10 N–H and O–H groups in total. The monoisotopic (exact) mass is 216 g/mol. The second-order valence-corrected chi connectivity index (χ2v) is 2.47. The number of hydrogen-bond acceptors (Lipinski definition) is 5. The van der Waals surface area contributed by atoms with Gasteiger partial charge in [0.15, 0.2) is 0 Å². The van der Waals surface area contributed by atoms with Crippen LogP contribution in [0.15, 0.2) is 0 Å². The van der Waals surface area contributed by atoms with Crippen molar-refractivity contribution in [3.8, 4) is 0 Å². The van der Waals surface area contributed by atoms with Crippen molar-refractivity contribution in [1.82, 2.24) is 12.3 Å². The first-order chi connectivity index (χ1) is 5.20. The summed E-state index contributed by atoms with van der Waals surface area (Å²) in [4.78, 5) is 8.56. The van der Waals surface area contributed by atoms with Gasteiger partial charge in [0, 0.05) is 12.2 Å². The minimum Gasteiger partial charge on any atom is -0.450 e. The van der Waals surface area contributed by atoms with Gasteiger partial charge in [-0.3, -0.25) is 0 Å². The third kappa shape index (κ3) is 1430. The molecule has 0 unspecified atom stereocenters. The fourth-order valence-electron chi connectivity index (χ4n) is 0. The van der Waals surface area contributed by atoms with Crippen molar-refractivity contribution in [2.75, 3.05) is 0 Å². The van der Waals surface area contributed by atoms with Crippen molar-refractivity contribution < 1.29 is 25.2 Å². The van der Waals surface area contributed by atoms with Gasteiger partial charge in [0.05, 0.1) is 0 Å². The summed E-state index contributed by atoms with van der Waals surface area (Å²) in [5.41, 5.74) is 0. The van der Waals surface area contributed by atoms with Gasteiger partial charge >= 0.3 is 6.16 Å². The first-order valence-electron chi connectivity index (χ1n) is 3.48. The molecule has 0 radical (unpaired) electrons. The molecular weight excluding hydrogens is 192 g/mol. The molecule has 0 heterocycles. The number of aliphatic hydroxyl groups is 2. The molecule has 0 aromatic heterocycles. The van der Waals surface area contributed by atoms with E-state index < -0.39 is 6.16 Å². The van der Waals surface area contributed by atoms with Gasteiger partial charge in [-0.15, -0.1) is 0 Å². The van der Waals surface area contributed by atoms with Crippen LogP contribution in [0, 0.1) is 0 Å². The van der Waals surface area contributed by atoms with Crippen molar-refractivity contribution in [3.05, 3.63) is 0 Å². The van der Waals surface area contributed by atoms with Gasteiger partial charge in [0.1, 0.15) is 0 Å². The molecule has 0 rings (SSSR count). The Morgan fingerprint density at radius 1 is 0.857 bits per heavy atom. The summed E-state index contributed by atoms with van der Waals surface area (Å²) < 4.78 is 0. The highest BCUT2D eigenvalue weighted by Crippen LogP contribution is 1.65. The highest BCUT2D eigenvalue weighted by Gasteiger charge is 1.70. The van der Waals surface area contributed by atoms with Crippen molar-refractivity contribution >= 4 is 6.16 Å². The van der Waals surface area contributed by atoms with E-state index in [9.17, 15) is 0 Å². The van der Waals surface area contributed by atoms with Gasteiger partial charge in [-0.05, 0) is 27.7 Å². The lowest BCUT2D eigenvalue weighted by molar-refractivity contribution is 0.137. The Morgan fingerprint density at radius 3 is 0.857 bits per heavy atom. The highest BCUT2D eigenvalue weighted by molar-refractivity contribution is 5.53. The molecule has 0 spiro atoms. The zero-order chi connectivity index (χ0) is 10.7. The SMILES string of the molecule is CC(C)O.CC(C)O.N.N.O=C(O)O. The smallest absolute Gasteiger partial charge is 0.450 e. The average molecular weight is 216 g/mol. The summed E-state index contributed by atoms with van der Waals surface area (Å²) in [6, 6.07) is 0. The van der Waals surface area contributed by atoms with E-state index in [2.05, 4.69) is 0 Å². The zero-order valence-corrected chi connectivity index (χ0v) is 9.27. The van der Waals surface area contributed by atoms with Crippen molar-refractivity contribution in [1.29, 1.82) is 0 Å². The maximum atomic E-state index is 8.56. The summed E-state index contributed by atoms with van der Waals surface area (Å²) >= 11 is 0. The first kappa shape index (κ1) is 29.2. The zero-order valence-electron chi connectivity index (χ0n) is 9.27. The van der Waals surface area contributed by atoms with E-state index >= 15 is 0 Å². The van der Waals surface area contributed by atoms with Crippen LogP contribution in [-0.2, 0) is 0 Å². The van der Waals surface area contributed by atoms with Crippen LogP contribution in [0.2, 0.25) is 0 Å². The van der Waals surface area contributed by atoms with Crippen molar-refractivity contribution in [2.45, 2.75) is 39.9 Å². The predicted octanol–water partition coefficient (Wildman–Crippen LogP) is 1.32. The van der Waals surface area contributed by atoms with E-state index in [4.69, 9.17) is 25.2 Å². The molecule has 0 saturated heterocycles. The number of carboxylic acid groups (broad SMARTS) is 2. The predicted molar refractivity (Wildman–Crippen MR) is 55.4 cm³/mol. The maximum Gasteiger partial charge on any atom is 0.503 e. The lowest BCUT2D eigenvalue weighted by Gasteiger charge is -1.80. The molecule has 0 aliphatic carbocycles. The Morgan fingerprint density at radius 2 is 0.857 bits per heavy atom. The molecule has 0 aromatic carbocycles. The Labute approximate surface area is 84.6 Å². The van der Waals surface area contributed by atoms with E-state index in [0.29, 0.717) is 0 Å². The van der Waals surface area contributed by atoms with E-state index in [0.717, 1.165) is 0 Å². The quantitative estimate of drug-likeness (QED) is 0.354. The maximum absolute atomic E-state index is 8.56. The largest absolute Gasteiger partial charge is 0.503 e. The number of rotatable bonds is 0. The highest BCUT2D eigenvalue weighted by atomic mass is 16.6.